The van der Waals surface area contributed by atoms with Crippen molar-refractivity contribution in [2.45, 2.75) is 13.0 Å². The number of likely N-dealkylation sites (N-methyl/N-ethyl adjacent to an activating group) is 1. The molecule has 3 heterocycles. The van der Waals surface area contributed by atoms with Crippen LogP contribution in [0.3, 0.4) is 0 Å². The van der Waals surface area contributed by atoms with Crippen molar-refractivity contribution in [2.24, 2.45) is 7.05 Å². The molecule has 8 nitrogen and oxygen atoms in total. The maximum Gasteiger partial charge on any atom is 0.337 e. The minimum absolute atomic E-state index is 0.234. The summed E-state index contributed by atoms with van der Waals surface area (Å²) >= 11 is 0. The largest absolute Gasteiger partial charge is 0.478 e. The Bertz CT molecular complexity index is 958. The van der Waals surface area contributed by atoms with Gasteiger partial charge in [-0.1, -0.05) is 17.3 Å². The normalized spacial score (nSPS) is 14.5. The topological polar surface area (TPSA) is 89.1 Å². The molecule has 0 radical (unpaired) electrons. The molecule has 128 valence electrons. The summed E-state index contributed by atoms with van der Waals surface area (Å²) < 4.78 is 3.40. The lowest BCUT2D eigenvalue weighted by Gasteiger charge is -2.23. The molecule has 0 fully saturated rings. The fraction of sp³-hybridized carbons (Fsp3) is 0.294. The second-order valence-electron chi connectivity index (χ2n) is 6.27. The zero-order chi connectivity index (χ0) is 17.6. The lowest BCUT2D eigenvalue weighted by molar-refractivity contribution is 0.0696. The molecule has 0 saturated carbocycles. The first kappa shape index (κ1) is 15.5. The van der Waals surface area contributed by atoms with Gasteiger partial charge in [-0.3, -0.25) is 4.68 Å². The van der Waals surface area contributed by atoms with Gasteiger partial charge in [-0.25, -0.2) is 9.48 Å². The molecular formula is C17H18N6O2. The van der Waals surface area contributed by atoms with Crippen LogP contribution in [0.4, 0.5) is 0 Å². The van der Waals surface area contributed by atoms with Crippen LogP contribution in [-0.2, 0) is 20.0 Å². The first-order valence-electron chi connectivity index (χ1n) is 8.03. The molecule has 4 rings (SSSR count). The Morgan fingerprint density at radius 1 is 1.24 bits per heavy atom. The van der Waals surface area contributed by atoms with Crippen LogP contribution in [0.5, 0.6) is 0 Å². The van der Waals surface area contributed by atoms with Gasteiger partial charge in [0.1, 0.15) is 11.4 Å². The number of hydrogen-bond donors (Lipinski definition) is 1. The van der Waals surface area contributed by atoms with Crippen molar-refractivity contribution in [1.82, 2.24) is 29.7 Å². The molecule has 0 spiro atoms. The molecule has 0 atom stereocenters. The van der Waals surface area contributed by atoms with Crippen LogP contribution in [0.15, 0.2) is 30.5 Å². The van der Waals surface area contributed by atoms with E-state index in [1.165, 1.54) is 0 Å². The van der Waals surface area contributed by atoms with E-state index in [1.807, 2.05) is 19.3 Å². The van der Waals surface area contributed by atoms with E-state index in [4.69, 9.17) is 5.10 Å². The van der Waals surface area contributed by atoms with Crippen molar-refractivity contribution < 1.29 is 9.90 Å². The predicted octanol–water partition coefficient (Wildman–Crippen LogP) is 1.35. The first-order chi connectivity index (χ1) is 12.0. The monoisotopic (exact) mass is 338 g/mol. The summed E-state index contributed by atoms with van der Waals surface area (Å²) in [5.74, 6) is -0.964. The van der Waals surface area contributed by atoms with Gasteiger partial charge in [0.2, 0.25) is 0 Å². The molecule has 25 heavy (non-hydrogen) atoms. The van der Waals surface area contributed by atoms with Gasteiger partial charge in [0.05, 0.1) is 23.1 Å². The number of rotatable bonds is 3. The molecule has 1 aromatic carbocycles. The van der Waals surface area contributed by atoms with E-state index in [0.717, 1.165) is 36.5 Å². The average Bonchev–Trinajstić information content (AvgIpc) is 3.18. The number of nitrogens with zero attached hydrogens (tertiary/aromatic N) is 6. The summed E-state index contributed by atoms with van der Waals surface area (Å²) in [6.07, 6.45) is 2.62. The number of aryl methyl sites for hydroxylation is 1. The van der Waals surface area contributed by atoms with Crippen LogP contribution in [0.25, 0.3) is 17.1 Å². The Balaban J connectivity index is 1.94. The van der Waals surface area contributed by atoms with E-state index >= 15 is 0 Å². The second-order valence-corrected chi connectivity index (χ2v) is 6.27. The number of carboxylic acid groups (broad SMARTS) is 1. The summed E-state index contributed by atoms with van der Waals surface area (Å²) in [5, 5.41) is 22.4. The number of hydrogen-bond acceptors (Lipinski definition) is 5. The number of para-hydroxylation sites is 1. The number of aromatic carboxylic acids is 1. The molecule has 3 aromatic rings. The van der Waals surface area contributed by atoms with Gasteiger partial charge in [0.25, 0.3) is 0 Å². The maximum absolute atomic E-state index is 11.6. The quantitative estimate of drug-likeness (QED) is 0.775. The highest BCUT2D eigenvalue weighted by Gasteiger charge is 2.27. The van der Waals surface area contributed by atoms with E-state index in [1.54, 1.807) is 27.6 Å². The number of carboxylic acids is 1. The summed E-state index contributed by atoms with van der Waals surface area (Å²) in [5.41, 5.74) is 4.38. The Morgan fingerprint density at radius 2 is 2.04 bits per heavy atom. The van der Waals surface area contributed by atoms with Gasteiger partial charge in [-0.15, -0.1) is 5.10 Å². The molecule has 1 N–H and O–H groups in total. The maximum atomic E-state index is 11.6. The molecular weight excluding hydrogens is 320 g/mol. The molecule has 1 aliphatic heterocycles. The number of fused-ring (bicyclic) bond motifs is 1. The third-order valence-corrected chi connectivity index (χ3v) is 4.46. The Labute approximate surface area is 144 Å². The molecule has 0 bridgehead atoms. The van der Waals surface area contributed by atoms with Crippen LogP contribution in [0.2, 0.25) is 0 Å². The van der Waals surface area contributed by atoms with Crippen LogP contribution >= 0.6 is 0 Å². The highest BCUT2D eigenvalue weighted by atomic mass is 16.4. The van der Waals surface area contributed by atoms with E-state index in [9.17, 15) is 9.90 Å². The van der Waals surface area contributed by atoms with Gasteiger partial charge < -0.3 is 10.0 Å². The smallest absolute Gasteiger partial charge is 0.337 e. The third-order valence-electron chi connectivity index (χ3n) is 4.46. The van der Waals surface area contributed by atoms with Crippen molar-refractivity contribution in [3.8, 4) is 17.1 Å². The van der Waals surface area contributed by atoms with Crippen LogP contribution < -0.4 is 0 Å². The summed E-state index contributed by atoms with van der Waals surface area (Å²) in [6.45, 7) is 1.64. The molecule has 0 unspecified atom stereocenters. The summed E-state index contributed by atoms with van der Waals surface area (Å²) in [6, 6.07) is 6.94. The SMILES string of the molecule is CN1CCc2c(c(-c3cn(C)nn3)nn2-c2ccccc2C(=O)O)C1. The Morgan fingerprint density at radius 3 is 2.76 bits per heavy atom. The lowest BCUT2D eigenvalue weighted by Crippen LogP contribution is -2.27. The number of aromatic nitrogens is 5. The Hall–Kier alpha value is -3.00. The Kier molecular flexibility index (Phi) is 3.61. The summed E-state index contributed by atoms with van der Waals surface area (Å²) in [4.78, 5) is 13.8. The zero-order valence-electron chi connectivity index (χ0n) is 14.0. The van der Waals surface area contributed by atoms with E-state index in [-0.39, 0.29) is 5.56 Å². The van der Waals surface area contributed by atoms with Crippen LogP contribution in [0, 0.1) is 0 Å². The molecule has 0 amide bonds. The fourth-order valence-corrected chi connectivity index (χ4v) is 3.25. The van der Waals surface area contributed by atoms with Gasteiger partial charge in [-0.2, -0.15) is 5.10 Å². The molecule has 2 aromatic heterocycles. The highest BCUT2D eigenvalue weighted by Crippen LogP contribution is 2.31. The van der Waals surface area contributed by atoms with Gasteiger partial charge in [0, 0.05) is 32.1 Å². The lowest BCUT2D eigenvalue weighted by atomic mass is 10.0. The molecule has 8 heteroatoms. The standard InChI is InChI=1S/C17H18N6O2/c1-21-8-7-15-12(9-21)16(13-10-22(2)20-18-13)19-23(15)14-6-4-3-5-11(14)17(24)25/h3-6,10H,7-9H2,1-2H3,(H,24,25). The number of carbonyl (C=O) groups is 1. The average molecular weight is 338 g/mol. The van der Waals surface area contributed by atoms with Gasteiger partial charge in [0.15, 0.2) is 0 Å². The highest BCUT2D eigenvalue weighted by molar-refractivity contribution is 5.92. The van der Waals surface area contributed by atoms with E-state index < -0.39 is 5.97 Å². The number of benzene rings is 1. The van der Waals surface area contributed by atoms with Crippen LogP contribution in [-0.4, -0.2) is 54.3 Å². The predicted molar refractivity (Wildman–Crippen MR) is 90.6 cm³/mol. The molecule has 1 aliphatic rings. The van der Waals surface area contributed by atoms with Gasteiger partial charge in [-0.05, 0) is 19.2 Å². The van der Waals surface area contributed by atoms with Crippen molar-refractivity contribution in [3.05, 3.63) is 47.3 Å². The first-order valence-corrected chi connectivity index (χ1v) is 8.03. The van der Waals surface area contributed by atoms with E-state index in [0.29, 0.717) is 11.4 Å². The second kappa shape index (κ2) is 5.82. The van der Waals surface area contributed by atoms with Crippen LogP contribution in [0.1, 0.15) is 21.6 Å². The molecule has 0 saturated heterocycles. The minimum atomic E-state index is -0.964. The molecule has 0 aliphatic carbocycles. The van der Waals surface area contributed by atoms with Gasteiger partial charge >= 0.3 is 5.97 Å². The third kappa shape index (κ3) is 2.60. The minimum Gasteiger partial charge on any atom is -0.478 e. The van der Waals surface area contributed by atoms with E-state index in [2.05, 4.69) is 22.3 Å². The summed E-state index contributed by atoms with van der Waals surface area (Å²) in [7, 11) is 3.87. The fourth-order valence-electron chi connectivity index (χ4n) is 3.25. The van der Waals surface area contributed by atoms with Crippen molar-refractivity contribution in [2.75, 3.05) is 13.6 Å². The van der Waals surface area contributed by atoms with Crippen molar-refractivity contribution in [3.63, 3.8) is 0 Å². The zero-order valence-corrected chi connectivity index (χ0v) is 14.0. The van der Waals surface area contributed by atoms with Crippen molar-refractivity contribution >= 4 is 5.97 Å². The van der Waals surface area contributed by atoms with Crippen molar-refractivity contribution in [1.29, 1.82) is 0 Å².